The number of hydrogen-bond acceptors (Lipinski definition) is 2. The molecule has 2 atom stereocenters. The van der Waals surface area contributed by atoms with Crippen molar-refractivity contribution in [3.8, 4) is 0 Å². The van der Waals surface area contributed by atoms with Gasteiger partial charge in [0.15, 0.2) is 0 Å². The molecule has 0 aliphatic carbocycles. The summed E-state index contributed by atoms with van der Waals surface area (Å²) in [5.74, 6) is 0. The molecule has 0 aromatic carbocycles. The van der Waals surface area contributed by atoms with Gasteiger partial charge in [-0.25, -0.2) is 0 Å². The van der Waals surface area contributed by atoms with Crippen LogP contribution < -0.4 is 0 Å². The van der Waals surface area contributed by atoms with Gasteiger partial charge < -0.3 is 9.84 Å². The molecule has 1 rings (SSSR count). The highest BCUT2D eigenvalue weighted by molar-refractivity contribution is 6.12. The fourth-order valence-corrected chi connectivity index (χ4v) is 1.07. The first kappa shape index (κ1) is 6.84. The fraction of sp³-hybridized carbons (Fsp3) is 0.667. The number of aliphatic hydroxyl groups excluding tert-OH is 1. The molecular formula is C6H11BO2. The Labute approximate surface area is 55.9 Å². The lowest BCUT2D eigenvalue weighted by molar-refractivity contribution is 0.0529. The minimum absolute atomic E-state index is 0.0417. The first-order valence-electron chi connectivity index (χ1n) is 3.18. The molecule has 1 aliphatic rings. The van der Waals surface area contributed by atoms with Crippen molar-refractivity contribution in [2.45, 2.75) is 19.0 Å². The van der Waals surface area contributed by atoms with Gasteiger partial charge in [-0.15, -0.1) is 0 Å². The van der Waals surface area contributed by atoms with Crippen LogP contribution in [-0.2, 0) is 4.74 Å². The zero-order chi connectivity index (χ0) is 6.85. The lowest BCUT2D eigenvalue weighted by Gasteiger charge is -2.08. The maximum atomic E-state index is 8.69. The minimum Gasteiger partial charge on any atom is -0.393 e. The molecule has 2 nitrogen and oxygen atoms in total. The van der Waals surface area contributed by atoms with Crippen LogP contribution in [0, 0.1) is 0 Å². The van der Waals surface area contributed by atoms with Crippen LogP contribution in [0.25, 0.3) is 0 Å². The van der Waals surface area contributed by atoms with Crippen LogP contribution in [-0.4, -0.2) is 31.7 Å². The highest BCUT2D eigenvalue weighted by atomic mass is 16.5. The van der Waals surface area contributed by atoms with Gasteiger partial charge in [-0.2, -0.15) is 0 Å². The van der Waals surface area contributed by atoms with Crippen LogP contribution in [0.15, 0.2) is 11.6 Å². The smallest absolute Gasteiger partial charge is 0.144 e. The molecule has 3 heteroatoms. The van der Waals surface area contributed by atoms with E-state index in [1.54, 1.807) is 0 Å². The summed E-state index contributed by atoms with van der Waals surface area (Å²) in [7, 11) is 1.97. The Morgan fingerprint density at radius 1 is 1.89 bits per heavy atom. The summed E-state index contributed by atoms with van der Waals surface area (Å²) in [6.45, 7) is 2.08. The zero-order valence-electron chi connectivity index (χ0n) is 5.79. The predicted octanol–water partition coefficient (Wildman–Crippen LogP) is -0.717. The van der Waals surface area contributed by atoms with Crippen molar-refractivity contribution in [3.05, 3.63) is 11.6 Å². The Hall–Kier alpha value is -0.275. The van der Waals surface area contributed by atoms with Crippen molar-refractivity contribution in [1.29, 1.82) is 0 Å². The molecule has 9 heavy (non-hydrogen) atoms. The molecular weight excluding hydrogens is 115 g/mol. The van der Waals surface area contributed by atoms with Crippen molar-refractivity contribution in [1.82, 2.24) is 0 Å². The molecule has 0 fully saturated rings. The first-order chi connectivity index (χ1) is 4.24. The molecule has 0 radical (unpaired) electrons. The predicted molar refractivity (Wildman–Crippen MR) is 38.0 cm³/mol. The summed E-state index contributed by atoms with van der Waals surface area (Å²) in [4.78, 5) is 0. The molecule has 1 aliphatic heterocycles. The quantitative estimate of drug-likeness (QED) is 0.371. The normalized spacial score (nSPS) is 34.7. The van der Waals surface area contributed by atoms with Gasteiger partial charge >= 0.3 is 0 Å². The Kier molecular flexibility index (Phi) is 1.93. The lowest BCUT2D eigenvalue weighted by atomic mass is 10.00. The molecule has 50 valence electrons. The van der Waals surface area contributed by atoms with Crippen molar-refractivity contribution in [2.75, 3.05) is 6.61 Å². The Balaban J connectivity index is 2.53. The van der Waals surface area contributed by atoms with Crippen LogP contribution >= 0.6 is 0 Å². The minimum atomic E-state index is -0.0417. The molecule has 0 aromatic heterocycles. The Morgan fingerprint density at radius 3 is 2.78 bits per heavy atom. The second kappa shape index (κ2) is 2.54. The standard InChI is InChI=1S/C6H11BO2/c1-4-2-6(7)9-5(4)3-8/h2,5-6,8H,3,7H2,1H3/t5-,6-/m1/s1. The van der Waals surface area contributed by atoms with Crippen LogP contribution in [0.5, 0.6) is 0 Å². The summed E-state index contributed by atoms with van der Waals surface area (Å²) < 4.78 is 5.28. The molecule has 0 saturated heterocycles. The zero-order valence-corrected chi connectivity index (χ0v) is 5.79. The highest BCUT2D eigenvalue weighted by Gasteiger charge is 2.19. The molecule has 0 bridgehead atoms. The molecule has 0 aromatic rings. The van der Waals surface area contributed by atoms with E-state index in [1.807, 2.05) is 20.8 Å². The summed E-state index contributed by atoms with van der Waals surface area (Å²) in [6.07, 6.45) is 1.99. The van der Waals surface area contributed by atoms with Crippen LogP contribution in [0.4, 0.5) is 0 Å². The van der Waals surface area contributed by atoms with E-state index in [4.69, 9.17) is 9.84 Å². The van der Waals surface area contributed by atoms with Gasteiger partial charge in [-0.3, -0.25) is 0 Å². The maximum absolute atomic E-state index is 8.69. The summed E-state index contributed by atoms with van der Waals surface area (Å²) in [6, 6.07) is 0.183. The van der Waals surface area contributed by atoms with Gasteiger partial charge in [0.1, 0.15) is 14.0 Å². The summed E-state index contributed by atoms with van der Waals surface area (Å²) in [5.41, 5.74) is 1.14. The molecule has 0 unspecified atom stereocenters. The first-order valence-corrected chi connectivity index (χ1v) is 3.18. The maximum Gasteiger partial charge on any atom is 0.144 e. The van der Waals surface area contributed by atoms with Gasteiger partial charge in [0.05, 0.1) is 6.61 Å². The second-order valence-corrected chi connectivity index (χ2v) is 2.42. The van der Waals surface area contributed by atoms with Crippen molar-refractivity contribution in [2.24, 2.45) is 0 Å². The monoisotopic (exact) mass is 126 g/mol. The van der Waals surface area contributed by atoms with Crippen LogP contribution in [0.1, 0.15) is 6.92 Å². The summed E-state index contributed by atoms with van der Waals surface area (Å²) >= 11 is 0. The van der Waals surface area contributed by atoms with Crippen molar-refractivity contribution in [3.63, 3.8) is 0 Å². The molecule has 1 N–H and O–H groups in total. The second-order valence-electron chi connectivity index (χ2n) is 2.42. The molecule has 0 spiro atoms. The number of hydrogen-bond donors (Lipinski definition) is 1. The average molecular weight is 126 g/mol. The highest BCUT2D eigenvalue weighted by Crippen LogP contribution is 2.16. The van der Waals surface area contributed by atoms with E-state index in [0.717, 1.165) is 5.57 Å². The van der Waals surface area contributed by atoms with E-state index in [1.165, 1.54) is 0 Å². The van der Waals surface area contributed by atoms with Crippen LogP contribution in [0.3, 0.4) is 0 Å². The topological polar surface area (TPSA) is 29.5 Å². The van der Waals surface area contributed by atoms with Gasteiger partial charge in [0.25, 0.3) is 0 Å². The van der Waals surface area contributed by atoms with Crippen LogP contribution in [0.2, 0.25) is 0 Å². The van der Waals surface area contributed by atoms with Gasteiger partial charge in [-0.1, -0.05) is 6.08 Å². The Bertz CT molecular complexity index is 133. The Morgan fingerprint density at radius 2 is 2.56 bits per heavy atom. The largest absolute Gasteiger partial charge is 0.393 e. The van der Waals surface area contributed by atoms with Gasteiger partial charge in [-0.05, 0) is 12.5 Å². The molecule has 1 heterocycles. The van der Waals surface area contributed by atoms with Gasteiger partial charge in [0, 0.05) is 6.00 Å². The van der Waals surface area contributed by atoms with E-state index >= 15 is 0 Å². The van der Waals surface area contributed by atoms with E-state index in [-0.39, 0.29) is 18.7 Å². The lowest BCUT2D eigenvalue weighted by Crippen LogP contribution is -2.17. The van der Waals surface area contributed by atoms with Crippen molar-refractivity contribution >= 4 is 7.85 Å². The fourth-order valence-electron chi connectivity index (χ4n) is 1.07. The average Bonchev–Trinajstić information content (AvgIpc) is 2.10. The number of rotatable bonds is 1. The number of aliphatic hydroxyl groups is 1. The van der Waals surface area contributed by atoms with Crippen molar-refractivity contribution < 1.29 is 9.84 Å². The summed E-state index contributed by atoms with van der Waals surface area (Å²) in [5, 5.41) is 8.69. The van der Waals surface area contributed by atoms with E-state index in [9.17, 15) is 0 Å². The molecule has 0 saturated carbocycles. The van der Waals surface area contributed by atoms with Gasteiger partial charge in [0.2, 0.25) is 0 Å². The third kappa shape index (κ3) is 1.34. The SMILES string of the molecule is B[C@H]1C=C(C)[C@@H](CO)O1. The van der Waals surface area contributed by atoms with E-state index in [0.29, 0.717) is 0 Å². The number of ether oxygens (including phenoxy) is 1. The third-order valence-corrected chi connectivity index (χ3v) is 1.55. The molecule has 0 amide bonds. The van der Waals surface area contributed by atoms with E-state index in [2.05, 4.69) is 0 Å². The van der Waals surface area contributed by atoms with E-state index < -0.39 is 0 Å². The third-order valence-electron chi connectivity index (χ3n) is 1.55.